The van der Waals surface area contributed by atoms with Gasteiger partial charge in [0.2, 0.25) is 0 Å². The Kier molecular flexibility index (Phi) is 7.31. The van der Waals surface area contributed by atoms with Crippen molar-refractivity contribution in [2.24, 2.45) is 5.73 Å². The number of carbonyl (C=O) groups excluding carboxylic acids is 2. The fraction of sp³-hybridized carbons (Fsp3) is 0.267. The lowest BCUT2D eigenvalue weighted by atomic mass is 10.2. The minimum atomic E-state index is -4.36. The van der Waals surface area contributed by atoms with Crippen LogP contribution >= 0.6 is 11.8 Å². The van der Waals surface area contributed by atoms with E-state index in [1.807, 2.05) is 5.32 Å². The van der Waals surface area contributed by atoms with E-state index in [0.717, 1.165) is 30.0 Å². The topological polar surface area (TPSA) is 147 Å². The maximum Gasteiger partial charge on any atom is 0.400 e. The van der Waals surface area contributed by atoms with Gasteiger partial charge >= 0.3 is 11.8 Å². The van der Waals surface area contributed by atoms with Crippen LogP contribution in [0.3, 0.4) is 0 Å². The highest BCUT2D eigenvalue weighted by atomic mass is 32.2. The molecule has 9 nitrogen and oxygen atoms in total. The molecule has 1 aromatic carbocycles. The molecular formula is C15H13F5N6O3S. The molecule has 0 fully saturated rings. The van der Waals surface area contributed by atoms with E-state index in [9.17, 15) is 31.5 Å². The second-order valence-corrected chi connectivity index (χ2v) is 6.58. The summed E-state index contributed by atoms with van der Waals surface area (Å²) in [5.74, 6) is -9.87. The Hall–Kier alpha value is -3.23. The number of hydrogen-bond acceptors (Lipinski definition) is 7. The van der Waals surface area contributed by atoms with Gasteiger partial charge in [-0.2, -0.15) is 8.78 Å². The molecule has 0 unspecified atom stereocenters. The molecule has 0 aliphatic rings. The van der Waals surface area contributed by atoms with Crippen LogP contribution in [-0.2, 0) is 9.59 Å². The first kappa shape index (κ1) is 23.1. The Morgan fingerprint density at radius 2 is 2.00 bits per heavy atom. The van der Waals surface area contributed by atoms with Crippen molar-refractivity contribution in [2.45, 2.75) is 17.4 Å². The Morgan fingerprint density at radius 1 is 1.30 bits per heavy atom. The van der Waals surface area contributed by atoms with Gasteiger partial charge in [0.25, 0.3) is 12.3 Å². The number of primary amides is 1. The summed E-state index contributed by atoms with van der Waals surface area (Å²) in [6.07, 6.45) is -3.06. The molecule has 15 heteroatoms. The van der Waals surface area contributed by atoms with E-state index >= 15 is 0 Å². The molecule has 2 aromatic rings. The fourth-order valence-corrected chi connectivity index (χ4v) is 2.71. The molecule has 0 aliphatic carbocycles. The van der Waals surface area contributed by atoms with Crippen molar-refractivity contribution in [2.75, 3.05) is 17.6 Å². The molecular weight excluding hydrogens is 439 g/mol. The van der Waals surface area contributed by atoms with E-state index in [-0.39, 0.29) is 28.7 Å². The maximum absolute atomic E-state index is 13.3. The van der Waals surface area contributed by atoms with Crippen molar-refractivity contribution in [3.05, 3.63) is 35.3 Å². The van der Waals surface area contributed by atoms with E-state index in [0.29, 0.717) is 0 Å². The lowest BCUT2D eigenvalue weighted by Crippen LogP contribution is -2.49. The number of rotatable bonds is 9. The molecule has 0 aliphatic heterocycles. The lowest BCUT2D eigenvalue weighted by Gasteiger charge is -2.12. The first-order valence-corrected chi connectivity index (χ1v) is 8.87. The van der Waals surface area contributed by atoms with Crippen LogP contribution in [0.4, 0.5) is 27.6 Å². The molecule has 2 rings (SSSR count). The Morgan fingerprint density at radius 3 is 2.63 bits per heavy atom. The minimum Gasteiger partial charge on any atom is -0.364 e. The SMILES string of the molecule is N=C(Nc1ccc(F)c(C(F)F)c1)c1nonc1SCCNC(=O)C(F)(F)C(N)=O. The number of amides is 2. The van der Waals surface area contributed by atoms with Crippen molar-refractivity contribution in [1.29, 1.82) is 5.41 Å². The zero-order valence-electron chi connectivity index (χ0n) is 14.7. The number of halogens is 5. The summed E-state index contributed by atoms with van der Waals surface area (Å²) in [7, 11) is 0. The molecule has 0 saturated carbocycles. The van der Waals surface area contributed by atoms with Gasteiger partial charge in [0.15, 0.2) is 16.6 Å². The van der Waals surface area contributed by atoms with E-state index in [1.165, 1.54) is 0 Å². The van der Waals surface area contributed by atoms with Gasteiger partial charge in [0.1, 0.15) is 5.82 Å². The summed E-state index contributed by atoms with van der Waals surface area (Å²) in [5, 5.41) is 19.2. The van der Waals surface area contributed by atoms with Crippen LogP contribution in [0.25, 0.3) is 0 Å². The number of amidine groups is 1. The highest BCUT2D eigenvalue weighted by molar-refractivity contribution is 7.99. The van der Waals surface area contributed by atoms with Gasteiger partial charge in [-0.05, 0) is 28.5 Å². The zero-order valence-corrected chi connectivity index (χ0v) is 15.5. The van der Waals surface area contributed by atoms with Gasteiger partial charge in [-0.1, -0.05) is 11.8 Å². The van der Waals surface area contributed by atoms with E-state index in [2.05, 4.69) is 26.0 Å². The largest absolute Gasteiger partial charge is 0.400 e. The van der Waals surface area contributed by atoms with E-state index in [4.69, 9.17) is 5.41 Å². The number of nitrogens with one attached hydrogen (secondary N) is 3. The third kappa shape index (κ3) is 5.43. The molecule has 0 saturated heterocycles. The predicted octanol–water partition coefficient (Wildman–Crippen LogP) is 1.91. The van der Waals surface area contributed by atoms with E-state index in [1.54, 1.807) is 0 Å². The highest BCUT2D eigenvalue weighted by Crippen LogP contribution is 2.26. The second kappa shape index (κ2) is 9.51. The molecule has 5 N–H and O–H groups in total. The Balaban J connectivity index is 1.95. The number of thioether (sulfide) groups is 1. The zero-order chi connectivity index (χ0) is 22.5. The first-order valence-electron chi connectivity index (χ1n) is 7.89. The number of benzene rings is 1. The van der Waals surface area contributed by atoms with Crippen molar-refractivity contribution in [1.82, 2.24) is 15.6 Å². The number of aromatic nitrogens is 2. The summed E-state index contributed by atoms with van der Waals surface area (Å²) < 4.78 is 69.5. The lowest BCUT2D eigenvalue weighted by molar-refractivity contribution is -0.157. The first-order chi connectivity index (χ1) is 14.0. The van der Waals surface area contributed by atoms with Gasteiger partial charge in [-0.15, -0.1) is 0 Å². The normalized spacial score (nSPS) is 11.4. The Bertz CT molecular complexity index is 955. The second-order valence-electron chi connectivity index (χ2n) is 5.50. The number of hydrogen-bond donors (Lipinski definition) is 4. The molecule has 0 radical (unpaired) electrons. The summed E-state index contributed by atoms with van der Waals surface area (Å²) in [6, 6.07) is 2.76. The third-order valence-electron chi connectivity index (χ3n) is 3.42. The monoisotopic (exact) mass is 452 g/mol. The summed E-state index contributed by atoms with van der Waals surface area (Å²) >= 11 is 0.860. The number of anilines is 1. The van der Waals surface area contributed by atoms with Crippen LogP contribution < -0.4 is 16.4 Å². The molecule has 30 heavy (non-hydrogen) atoms. The van der Waals surface area contributed by atoms with Crippen LogP contribution in [0.5, 0.6) is 0 Å². The minimum absolute atomic E-state index is 0.0170. The quantitative estimate of drug-likeness (QED) is 0.113. The smallest absolute Gasteiger partial charge is 0.364 e. The van der Waals surface area contributed by atoms with Gasteiger partial charge in [0, 0.05) is 18.0 Å². The maximum atomic E-state index is 13.3. The molecule has 0 bridgehead atoms. The average Bonchev–Trinajstić information content (AvgIpc) is 3.14. The summed E-state index contributed by atoms with van der Waals surface area (Å²) in [6.45, 7) is -0.310. The van der Waals surface area contributed by atoms with Crippen LogP contribution in [0.2, 0.25) is 0 Å². The number of alkyl halides is 4. The van der Waals surface area contributed by atoms with Crippen LogP contribution in [0, 0.1) is 11.2 Å². The van der Waals surface area contributed by atoms with Gasteiger partial charge in [-0.25, -0.2) is 17.8 Å². The van der Waals surface area contributed by atoms with Crippen LogP contribution in [0.1, 0.15) is 17.7 Å². The predicted molar refractivity (Wildman–Crippen MR) is 94.0 cm³/mol. The van der Waals surface area contributed by atoms with Gasteiger partial charge in [0.05, 0.1) is 5.56 Å². The number of nitrogens with zero attached hydrogens (tertiary/aromatic N) is 2. The van der Waals surface area contributed by atoms with Gasteiger partial charge in [-0.3, -0.25) is 15.0 Å². The van der Waals surface area contributed by atoms with Gasteiger partial charge < -0.3 is 16.4 Å². The fourth-order valence-electron chi connectivity index (χ4n) is 1.96. The van der Waals surface area contributed by atoms with Crippen molar-refractivity contribution in [3.8, 4) is 0 Å². The number of carbonyl (C=O) groups is 2. The summed E-state index contributed by atoms with van der Waals surface area (Å²) in [5.41, 5.74) is 3.41. The molecule has 1 heterocycles. The van der Waals surface area contributed by atoms with E-state index < -0.39 is 41.4 Å². The molecule has 0 atom stereocenters. The van der Waals surface area contributed by atoms with Crippen molar-refractivity contribution >= 4 is 35.1 Å². The standard InChI is InChI=1S/C15H13F5N6O3S/c16-8-2-1-6(5-7(8)10(17)18)24-11(21)9-12(26-29-25-9)30-4-3-23-14(28)15(19,20)13(22)27/h1-2,5,10H,3-4H2,(H2,21,24)(H2,22,27)(H,23,28). The molecule has 162 valence electrons. The van der Waals surface area contributed by atoms with Crippen molar-refractivity contribution < 1.29 is 36.2 Å². The molecule has 0 spiro atoms. The number of nitrogens with two attached hydrogens (primary N) is 1. The Labute approximate surface area is 169 Å². The summed E-state index contributed by atoms with van der Waals surface area (Å²) in [4.78, 5) is 21.7. The average molecular weight is 452 g/mol. The van der Waals surface area contributed by atoms with Crippen LogP contribution in [-0.4, -0.2) is 46.2 Å². The van der Waals surface area contributed by atoms with Crippen molar-refractivity contribution in [3.63, 3.8) is 0 Å². The molecule has 1 aromatic heterocycles. The van der Waals surface area contributed by atoms with Crippen LogP contribution in [0.15, 0.2) is 27.9 Å². The third-order valence-corrected chi connectivity index (χ3v) is 4.37. The highest BCUT2D eigenvalue weighted by Gasteiger charge is 2.45. The molecule has 2 amide bonds.